The molecule has 0 fully saturated rings. The van der Waals surface area contributed by atoms with Gasteiger partial charge in [-0.15, -0.1) is 0 Å². The van der Waals surface area contributed by atoms with Gasteiger partial charge in [0.05, 0.1) is 18.2 Å². The molecule has 0 aliphatic heterocycles. The zero-order valence-corrected chi connectivity index (χ0v) is 13.0. The van der Waals surface area contributed by atoms with Crippen molar-refractivity contribution in [1.82, 2.24) is 5.32 Å². The smallest absolute Gasteiger partial charge is 0.252 e. The average Bonchev–Trinajstić information content (AvgIpc) is 2.50. The van der Waals surface area contributed by atoms with Crippen molar-refractivity contribution >= 4 is 27.5 Å². The van der Waals surface area contributed by atoms with E-state index in [1.165, 1.54) is 0 Å². The Morgan fingerprint density at radius 1 is 1.24 bits per heavy atom. The Hall–Kier alpha value is -1.85. The number of benzene rings is 2. The van der Waals surface area contributed by atoms with Crippen LogP contribution in [0.25, 0.3) is 0 Å². The van der Waals surface area contributed by atoms with Gasteiger partial charge in [-0.25, -0.2) is 0 Å². The van der Waals surface area contributed by atoms with Gasteiger partial charge >= 0.3 is 0 Å². The first-order valence-electron chi connectivity index (χ1n) is 6.61. The summed E-state index contributed by atoms with van der Waals surface area (Å²) >= 11 is 3.33. The average molecular weight is 349 g/mol. The number of carbonyl (C=O) groups is 1. The van der Waals surface area contributed by atoms with Crippen molar-refractivity contribution in [1.29, 1.82) is 0 Å². The van der Waals surface area contributed by atoms with Gasteiger partial charge in [0, 0.05) is 10.2 Å². The van der Waals surface area contributed by atoms with Gasteiger partial charge in [0.2, 0.25) is 0 Å². The number of hydrogen-bond donors (Lipinski definition) is 3. The molecule has 0 saturated heterocycles. The maximum atomic E-state index is 12.3. The molecule has 5 heteroatoms. The largest absolute Gasteiger partial charge is 0.399 e. The molecule has 2 aromatic rings. The van der Waals surface area contributed by atoms with E-state index < -0.39 is 0 Å². The molecule has 2 rings (SSSR count). The number of carbonyl (C=O) groups excluding carboxylic acids is 1. The summed E-state index contributed by atoms with van der Waals surface area (Å²) in [6.07, 6.45) is 0.572. The Bertz CT molecular complexity index is 617. The molecule has 0 heterocycles. The second-order valence-corrected chi connectivity index (χ2v) is 5.64. The first-order valence-corrected chi connectivity index (χ1v) is 7.40. The van der Waals surface area contributed by atoms with Gasteiger partial charge in [0.1, 0.15) is 0 Å². The van der Waals surface area contributed by atoms with Crippen LogP contribution in [0.3, 0.4) is 0 Å². The first kappa shape index (κ1) is 15.5. The predicted octanol–water partition coefficient (Wildman–Crippen LogP) is 2.36. The number of nitrogen functional groups attached to an aromatic ring is 1. The van der Waals surface area contributed by atoms with Crippen molar-refractivity contribution in [2.75, 3.05) is 12.3 Å². The zero-order chi connectivity index (χ0) is 15.2. The molecule has 0 aromatic heterocycles. The molecule has 0 saturated carbocycles. The monoisotopic (exact) mass is 348 g/mol. The highest BCUT2D eigenvalue weighted by molar-refractivity contribution is 9.10. The summed E-state index contributed by atoms with van der Waals surface area (Å²) < 4.78 is 0.672. The molecule has 1 amide bonds. The number of rotatable bonds is 5. The van der Waals surface area contributed by atoms with E-state index in [1.807, 2.05) is 30.3 Å². The van der Waals surface area contributed by atoms with Crippen LogP contribution in [0.1, 0.15) is 15.9 Å². The number of amides is 1. The molecule has 0 aliphatic rings. The summed E-state index contributed by atoms with van der Waals surface area (Å²) in [6, 6.07) is 14.4. The molecular formula is C16H17BrN2O2. The van der Waals surface area contributed by atoms with Crippen LogP contribution in [-0.2, 0) is 6.42 Å². The third-order valence-electron chi connectivity index (χ3n) is 3.12. The van der Waals surface area contributed by atoms with Crippen molar-refractivity contribution < 1.29 is 9.90 Å². The lowest BCUT2D eigenvalue weighted by molar-refractivity contribution is 0.0916. The number of aliphatic hydroxyl groups excluding tert-OH is 1. The topological polar surface area (TPSA) is 75.4 Å². The number of nitrogens with two attached hydrogens (primary N) is 1. The van der Waals surface area contributed by atoms with Gasteiger partial charge in [-0.3, -0.25) is 4.79 Å². The van der Waals surface area contributed by atoms with Crippen molar-refractivity contribution in [3.63, 3.8) is 0 Å². The normalized spacial score (nSPS) is 11.9. The molecule has 0 aliphatic carbocycles. The molecule has 110 valence electrons. The Balaban J connectivity index is 2.07. The SMILES string of the molecule is Nc1ccc(Br)c(C(=O)N[C@@H](CO)Cc2ccccc2)c1. The number of anilines is 1. The number of aliphatic hydroxyl groups is 1. The maximum absolute atomic E-state index is 12.3. The van der Waals surface area contributed by atoms with Crippen LogP contribution in [-0.4, -0.2) is 23.7 Å². The summed E-state index contributed by atoms with van der Waals surface area (Å²) in [5, 5.41) is 12.3. The predicted molar refractivity (Wildman–Crippen MR) is 87.0 cm³/mol. The fourth-order valence-corrected chi connectivity index (χ4v) is 2.47. The minimum absolute atomic E-state index is 0.124. The van der Waals surface area contributed by atoms with E-state index in [0.717, 1.165) is 5.56 Å². The van der Waals surface area contributed by atoms with Crippen molar-refractivity contribution in [2.45, 2.75) is 12.5 Å². The van der Waals surface area contributed by atoms with E-state index >= 15 is 0 Å². The van der Waals surface area contributed by atoms with E-state index in [1.54, 1.807) is 18.2 Å². The zero-order valence-electron chi connectivity index (χ0n) is 11.4. The van der Waals surface area contributed by atoms with Crippen molar-refractivity contribution in [3.05, 3.63) is 64.1 Å². The van der Waals surface area contributed by atoms with Crippen LogP contribution in [0.5, 0.6) is 0 Å². The van der Waals surface area contributed by atoms with E-state index in [-0.39, 0.29) is 18.6 Å². The Labute approximate surface area is 132 Å². The summed E-state index contributed by atoms with van der Waals surface area (Å²) in [5.74, 6) is -0.260. The molecule has 21 heavy (non-hydrogen) atoms. The molecule has 0 unspecified atom stereocenters. The van der Waals surface area contributed by atoms with Gasteiger partial charge in [0.15, 0.2) is 0 Å². The highest BCUT2D eigenvalue weighted by Gasteiger charge is 2.16. The Kier molecular flexibility index (Phi) is 5.36. The van der Waals surface area contributed by atoms with Crippen LogP contribution in [0, 0.1) is 0 Å². The molecule has 1 atom stereocenters. The Morgan fingerprint density at radius 2 is 1.95 bits per heavy atom. The molecule has 2 aromatic carbocycles. The molecule has 0 bridgehead atoms. The van der Waals surface area contributed by atoms with Crippen molar-refractivity contribution in [3.8, 4) is 0 Å². The summed E-state index contributed by atoms with van der Waals surface area (Å²) in [6.45, 7) is -0.124. The fraction of sp³-hybridized carbons (Fsp3) is 0.188. The van der Waals surface area contributed by atoms with Crippen LogP contribution in [0.2, 0.25) is 0 Å². The quantitative estimate of drug-likeness (QED) is 0.726. The van der Waals surface area contributed by atoms with Crippen LogP contribution < -0.4 is 11.1 Å². The highest BCUT2D eigenvalue weighted by Crippen LogP contribution is 2.19. The second kappa shape index (κ2) is 7.24. The fourth-order valence-electron chi connectivity index (χ4n) is 2.04. The van der Waals surface area contributed by atoms with E-state index in [0.29, 0.717) is 22.1 Å². The van der Waals surface area contributed by atoms with Gasteiger partial charge in [0.25, 0.3) is 5.91 Å². The van der Waals surface area contributed by atoms with Gasteiger partial charge in [-0.1, -0.05) is 30.3 Å². The van der Waals surface area contributed by atoms with Crippen molar-refractivity contribution in [2.24, 2.45) is 0 Å². The highest BCUT2D eigenvalue weighted by atomic mass is 79.9. The lowest BCUT2D eigenvalue weighted by Gasteiger charge is -2.17. The first-order chi connectivity index (χ1) is 10.1. The number of hydrogen-bond acceptors (Lipinski definition) is 3. The molecule has 4 nitrogen and oxygen atoms in total. The summed E-state index contributed by atoms with van der Waals surface area (Å²) in [7, 11) is 0. The van der Waals surface area contributed by atoms with E-state index in [2.05, 4.69) is 21.2 Å². The van der Waals surface area contributed by atoms with Gasteiger partial charge < -0.3 is 16.2 Å². The van der Waals surface area contributed by atoms with E-state index in [9.17, 15) is 9.90 Å². The Morgan fingerprint density at radius 3 is 2.62 bits per heavy atom. The summed E-state index contributed by atoms with van der Waals surface area (Å²) in [4.78, 5) is 12.3. The second-order valence-electron chi connectivity index (χ2n) is 4.78. The molecule has 0 spiro atoms. The molecular weight excluding hydrogens is 332 g/mol. The van der Waals surface area contributed by atoms with Gasteiger partial charge in [-0.2, -0.15) is 0 Å². The molecule has 4 N–H and O–H groups in total. The minimum Gasteiger partial charge on any atom is -0.399 e. The standard InChI is InChI=1S/C16H17BrN2O2/c17-15-7-6-12(18)9-14(15)16(21)19-13(10-20)8-11-4-2-1-3-5-11/h1-7,9,13,20H,8,10,18H2,(H,19,21)/t13-/m1/s1. The van der Waals surface area contributed by atoms with Crippen LogP contribution in [0.15, 0.2) is 53.0 Å². The minimum atomic E-state index is -0.340. The van der Waals surface area contributed by atoms with Crippen LogP contribution >= 0.6 is 15.9 Å². The lowest BCUT2D eigenvalue weighted by atomic mass is 10.1. The lowest BCUT2D eigenvalue weighted by Crippen LogP contribution is -2.39. The summed E-state index contributed by atoms with van der Waals surface area (Å²) in [5.41, 5.74) is 7.74. The van der Waals surface area contributed by atoms with Crippen LogP contribution in [0.4, 0.5) is 5.69 Å². The maximum Gasteiger partial charge on any atom is 0.252 e. The third kappa shape index (κ3) is 4.31. The van der Waals surface area contributed by atoms with Gasteiger partial charge in [-0.05, 0) is 46.1 Å². The number of halogens is 1. The van der Waals surface area contributed by atoms with E-state index in [4.69, 9.17) is 5.73 Å². The molecule has 0 radical (unpaired) electrons. The third-order valence-corrected chi connectivity index (χ3v) is 3.81. The number of nitrogens with one attached hydrogen (secondary N) is 1.